The molecule has 0 aliphatic carbocycles. The minimum atomic E-state index is 0.911. The molecule has 0 aromatic carbocycles. The molecule has 0 aromatic heterocycles. The summed E-state index contributed by atoms with van der Waals surface area (Å²) in [6, 6.07) is 0. The smallest absolute Gasteiger partial charge is 0.144 e. The highest BCUT2D eigenvalue weighted by Gasteiger charge is 1.93. The van der Waals surface area contributed by atoms with E-state index in [0.717, 1.165) is 23.0 Å². The van der Waals surface area contributed by atoms with Crippen molar-refractivity contribution in [3.8, 4) is 0 Å². The molecule has 0 saturated heterocycles. The fraction of sp³-hybridized carbons (Fsp3) is 0.833. The third-order valence-corrected chi connectivity index (χ3v) is 3.69. The minimum absolute atomic E-state index is 0.911. The van der Waals surface area contributed by atoms with Crippen LogP contribution in [0.4, 0.5) is 0 Å². The van der Waals surface area contributed by atoms with Crippen LogP contribution in [0.5, 0.6) is 0 Å². The number of nitrogens with one attached hydrogen (secondary N) is 1. The first-order chi connectivity index (χ1) is 4.81. The Kier molecular flexibility index (Phi) is 8.15. The van der Waals surface area contributed by atoms with Crippen LogP contribution in [-0.4, -0.2) is 16.6 Å². The molecule has 0 spiro atoms. The number of hydrogen-bond donors (Lipinski definition) is 1. The molecule has 0 fully saturated rings. The predicted octanol–water partition coefficient (Wildman–Crippen LogP) is 2.67. The van der Waals surface area contributed by atoms with Crippen molar-refractivity contribution in [1.82, 2.24) is 5.32 Å². The van der Waals surface area contributed by atoms with E-state index in [9.17, 15) is 0 Å². The van der Waals surface area contributed by atoms with Crippen LogP contribution in [-0.2, 0) is 0 Å². The van der Waals surface area contributed by atoms with E-state index in [1.165, 1.54) is 0 Å². The van der Waals surface area contributed by atoms with Crippen LogP contribution in [0.15, 0.2) is 0 Å². The van der Waals surface area contributed by atoms with Gasteiger partial charge in [0.25, 0.3) is 0 Å². The van der Waals surface area contributed by atoms with Crippen LogP contribution in [0, 0.1) is 0 Å². The van der Waals surface area contributed by atoms with Gasteiger partial charge in [-0.2, -0.15) is 0 Å². The van der Waals surface area contributed by atoms with Crippen LogP contribution < -0.4 is 5.32 Å². The van der Waals surface area contributed by atoms with Crippen molar-refractivity contribution in [2.24, 2.45) is 0 Å². The lowest BCUT2D eigenvalue weighted by molar-refractivity contribution is 0.855. The van der Waals surface area contributed by atoms with E-state index in [2.05, 4.69) is 19.2 Å². The van der Waals surface area contributed by atoms with Crippen molar-refractivity contribution < 1.29 is 0 Å². The molecule has 0 amide bonds. The number of hydrogen-bond acceptors (Lipinski definition) is 3. The highest BCUT2D eigenvalue weighted by Crippen LogP contribution is 2.20. The lowest BCUT2D eigenvalue weighted by Crippen LogP contribution is -2.17. The van der Waals surface area contributed by atoms with Crippen LogP contribution in [0.1, 0.15) is 20.3 Å². The predicted molar refractivity (Wildman–Crippen MR) is 56.6 cm³/mol. The second-order valence-electron chi connectivity index (χ2n) is 1.70. The first kappa shape index (κ1) is 10.6. The van der Waals surface area contributed by atoms with Crippen molar-refractivity contribution in [1.29, 1.82) is 0 Å². The molecule has 0 unspecified atom stereocenters. The average Bonchev–Trinajstić information content (AvgIpc) is 1.97. The summed E-state index contributed by atoms with van der Waals surface area (Å²) >= 11 is 5.02. The van der Waals surface area contributed by atoms with Gasteiger partial charge in [0.2, 0.25) is 0 Å². The summed E-state index contributed by atoms with van der Waals surface area (Å²) < 4.78 is 0.911. The Balaban J connectivity index is 3.09. The Bertz CT molecular complexity index is 85.0. The molecule has 0 bridgehead atoms. The maximum atomic E-state index is 5.02. The minimum Gasteiger partial charge on any atom is -0.370 e. The highest BCUT2D eigenvalue weighted by molar-refractivity contribution is 8.83. The summed E-state index contributed by atoms with van der Waals surface area (Å²) in [5, 5.41) is 3.14. The lowest BCUT2D eigenvalue weighted by atomic mass is 10.5. The Hall–Kier alpha value is 0.590. The number of thiocarbonyl (C=S) groups is 1. The van der Waals surface area contributed by atoms with E-state index < -0.39 is 0 Å². The van der Waals surface area contributed by atoms with Gasteiger partial charge in [0.15, 0.2) is 0 Å². The highest BCUT2D eigenvalue weighted by atomic mass is 33.1. The van der Waals surface area contributed by atoms with E-state index >= 15 is 0 Å². The van der Waals surface area contributed by atoms with Crippen molar-refractivity contribution in [2.75, 3.05) is 12.3 Å². The first-order valence-corrected chi connectivity index (χ1v) is 6.11. The van der Waals surface area contributed by atoms with Gasteiger partial charge in [-0.1, -0.05) is 36.9 Å². The SMILES string of the molecule is CCCNC(=S)SSCC. The molecule has 1 nitrogen and oxygen atoms in total. The Morgan fingerprint density at radius 1 is 1.50 bits per heavy atom. The monoisotopic (exact) mass is 195 g/mol. The van der Waals surface area contributed by atoms with Gasteiger partial charge in [0, 0.05) is 12.3 Å². The topological polar surface area (TPSA) is 12.0 Å². The zero-order chi connectivity index (χ0) is 7.82. The quantitative estimate of drug-likeness (QED) is 0.546. The van der Waals surface area contributed by atoms with Crippen LogP contribution in [0.2, 0.25) is 0 Å². The van der Waals surface area contributed by atoms with Gasteiger partial charge in [0.1, 0.15) is 4.32 Å². The van der Waals surface area contributed by atoms with Crippen molar-refractivity contribution in [2.45, 2.75) is 20.3 Å². The molecular formula is C6H13NS3. The molecule has 0 radical (unpaired) electrons. The molecule has 0 atom stereocenters. The van der Waals surface area contributed by atoms with Gasteiger partial charge < -0.3 is 5.32 Å². The summed E-state index contributed by atoms with van der Waals surface area (Å²) in [7, 11) is 3.43. The van der Waals surface area contributed by atoms with Crippen LogP contribution in [0.3, 0.4) is 0 Å². The molecule has 0 aromatic rings. The fourth-order valence-electron chi connectivity index (χ4n) is 0.369. The Morgan fingerprint density at radius 2 is 2.20 bits per heavy atom. The van der Waals surface area contributed by atoms with E-state index in [4.69, 9.17) is 12.2 Å². The summed E-state index contributed by atoms with van der Waals surface area (Å²) in [6.45, 7) is 5.25. The van der Waals surface area contributed by atoms with E-state index in [0.29, 0.717) is 0 Å². The van der Waals surface area contributed by atoms with Gasteiger partial charge in [-0.25, -0.2) is 0 Å². The molecular weight excluding hydrogens is 182 g/mol. The maximum absolute atomic E-state index is 5.02. The summed E-state index contributed by atoms with van der Waals surface area (Å²) in [5.74, 6) is 1.11. The Morgan fingerprint density at radius 3 is 2.70 bits per heavy atom. The summed E-state index contributed by atoms with van der Waals surface area (Å²) in [6.07, 6.45) is 1.14. The van der Waals surface area contributed by atoms with Gasteiger partial charge in [-0.3, -0.25) is 0 Å². The molecule has 10 heavy (non-hydrogen) atoms. The molecule has 0 rings (SSSR count). The second-order valence-corrected chi connectivity index (χ2v) is 4.97. The van der Waals surface area contributed by atoms with Gasteiger partial charge >= 0.3 is 0 Å². The zero-order valence-electron chi connectivity index (χ0n) is 6.35. The van der Waals surface area contributed by atoms with Gasteiger partial charge in [-0.05, 0) is 17.2 Å². The zero-order valence-corrected chi connectivity index (χ0v) is 8.80. The average molecular weight is 195 g/mol. The third-order valence-electron chi connectivity index (χ3n) is 0.772. The van der Waals surface area contributed by atoms with Gasteiger partial charge in [-0.15, -0.1) is 0 Å². The summed E-state index contributed by atoms with van der Waals surface area (Å²) in [5.41, 5.74) is 0. The first-order valence-electron chi connectivity index (χ1n) is 3.38. The third kappa shape index (κ3) is 6.71. The normalized spacial score (nSPS) is 9.40. The lowest BCUT2D eigenvalue weighted by Gasteiger charge is -2.02. The van der Waals surface area contributed by atoms with Crippen molar-refractivity contribution in [3.63, 3.8) is 0 Å². The molecule has 0 heterocycles. The van der Waals surface area contributed by atoms with Crippen LogP contribution in [0.25, 0.3) is 0 Å². The van der Waals surface area contributed by atoms with E-state index in [1.807, 2.05) is 0 Å². The van der Waals surface area contributed by atoms with E-state index in [-0.39, 0.29) is 0 Å². The Labute approximate surface area is 76.1 Å². The molecule has 0 aliphatic heterocycles. The standard InChI is InChI=1S/C6H13NS3/c1-3-5-7-6(8)10-9-4-2/h3-5H2,1-2H3,(H,7,8). The second kappa shape index (κ2) is 7.69. The maximum Gasteiger partial charge on any atom is 0.144 e. The van der Waals surface area contributed by atoms with Crippen molar-refractivity contribution in [3.05, 3.63) is 0 Å². The van der Waals surface area contributed by atoms with Crippen molar-refractivity contribution >= 4 is 38.1 Å². The molecule has 1 N–H and O–H groups in total. The molecule has 60 valence electrons. The number of rotatable bonds is 4. The van der Waals surface area contributed by atoms with E-state index in [1.54, 1.807) is 21.6 Å². The van der Waals surface area contributed by atoms with Crippen LogP contribution >= 0.6 is 33.8 Å². The summed E-state index contributed by atoms with van der Waals surface area (Å²) in [4.78, 5) is 0. The molecule has 4 heteroatoms. The molecule has 0 aliphatic rings. The molecule has 0 saturated carbocycles. The van der Waals surface area contributed by atoms with Gasteiger partial charge in [0.05, 0.1) is 0 Å². The fourth-order valence-corrected chi connectivity index (χ4v) is 2.14. The largest absolute Gasteiger partial charge is 0.370 e.